The SMILES string of the molecule is Cc1ccc(-n2nc(C)c3c(N4CCCN(C(=O)c5ccc(Cl)cc5)CC4)nc(C4CC4)nc32)cc1. The highest BCUT2D eigenvalue weighted by atomic mass is 35.5. The lowest BCUT2D eigenvalue weighted by molar-refractivity contribution is 0.0767. The van der Waals surface area contributed by atoms with Crippen LogP contribution in [0.3, 0.4) is 0 Å². The molecule has 7 nitrogen and oxygen atoms in total. The van der Waals surface area contributed by atoms with Crippen LogP contribution in [-0.4, -0.2) is 56.7 Å². The molecule has 0 radical (unpaired) electrons. The van der Waals surface area contributed by atoms with Gasteiger partial charge in [0.2, 0.25) is 0 Å². The zero-order chi connectivity index (χ0) is 24.8. The first-order chi connectivity index (χ1) is 17.5. The summed E-state index contributed by atoms with van der Waals surface area (Å²) in [4.78, 5) is 27.5. The van der Waals surface area contributed by atoms with Gasteiger partial charge in [0.15, 0.2) is 5.65 Å². The Bertz CT molecular complexity index is 1430. The molecule has 4 aromatic rings. The lowest BCUT2D eigenvalue weighted by Crippen LogP contribution is -2.35. The highest BCUT2D eigenvalue weighted by Crippen LogP contribution is 2.40. The van der Waals surface area contributed by atoms with Crippen molar-refractivity contribution in [2.75, 3.05) is 31.1 Å². The zero-order valence-corrected chi connectivity index (χ0v) is 21.4. The van der Waals surface area contributed by atoms with Crippen LogP contribution in [0.15, 0.2) is 48.5 Å². The van der Waals surface area contributed by atoms with Gasteiger partial charge in [0.1, 0.15) is 11.6 Å². The molecule has 184 valence electrons. The number of nitrogens with zero attached hydrogens (tertiary/aromatic N) is 6. The Labute approximate surface area is 215 Å². The summed E-state index contributed by atoms with van der Waals surface area (Å²) in [6, 6.07) is 15.5. The fraction of sp³-hybridized carbons (Fsp3) is 0.357. The first-order valence-corrected chi connectivity index (χ1v) is 13.0. The third-order valence-electron chi connectivity index (χ3n) is 7.10. The van der Waals surface area contributed by atoms with Crippen LogP contribution in [-0.2, 0) is 0 Å². The predicted octanol–water partition coefficient (Wildman–Crippen LogP) is 5.32. The minimum Gasteiger partial charge on any atom is -0.354 e. The number of hydrogen-bond donors (Lipinski definition) is 0. The fourth-order valence-electron chi connectivity index (χ4n) is 4.90. The molecule has 2 aromatic heterocycles. The number of aromatic nitrogens is 4. The minimum absolute atomic E-state index is 0.0448. The van der Waals surface area contributed by atoms with Crippen molar-refractivity contribution >= 4 is 34.4 Å². The number of rotatable bonds is 4. The minimum atomic E-state index is 0.0448. The van der Waals surface area contributed by atoms with E-state index in [1.54, 1.807) is 24.3 Å². The molecular weight excluding hydrogens is 472 g/mol. The van der Waals surface area contributed by atoms with Crippen LogP contribution in [0.2, 0.25) is 5.02 Å². The highest BCUT2D eigenvalue weighted by molar-refractivity contribution is 6.30. The molecule has 0 atom stereocenters. The van der Waals surface area contributed by atoms with Crippen molar-refractivity contribution in [2.45, 2.75) is 39.0 Å². The molecule has 0 N–H and O–H groups in total. The average Bonchev–Trinajstić information content (AvgIpc) is 3.71. The van der Waals surface area contributed by atoms with Crippen molar-refractivity contribution in [3.63, 3.8) is 0 Å². The fourth-order valence-corrected chi connectivity index (χ4v) is 5.03. The lowest BCUT2D eigenvalue weighted by atomic mass is 10.2. The molecule has 1 saturated carbocycles. The number of fused-ring (bicyclic) bond motifs is 1. The summed E-state index contributed by atoms with van der Waals surface area (Å²) in [6.07, 6.45) is 3.13. The number of aryl methyl sites for hydroxylation is 2. The van der Waals surface area contributed by atoms with Crippen molar-refractivity contribution in [1.29, 1.82) is 0 Å². The van der Waals surface area contributed by atoms with E-state index in [-0.39, 0.29) is 5.91 Å². The van der Waals surface area contributed by atoms with E-state index in [0.717, 1.165) is 59.9 Å². The number of carbonyl (C=O) groups is 1. The second-order valence-corrected chi connectivity index (χ2v) is 10.3. The Morgan fingerprint density at radius 3 is 2.39 bits per heavy atom. The normalized spacial score (nSPS) is 16.4. The van der Waals surface area contributed by atoms with Crippen LogP contribution >= 0.6 is 11.6 Å². The van der Waals surface area contributed by atoms with E-state index in [2.05, 4.69) is 36.1 Å². The molecule has 2 fully saturated rings. The summed E-state index contributed by atoms with van der Waals surface area (Å²) in [5.41, 5.74) is 4.66. The Morgan fingerprint density at radius 1 is 0.917 bits per heavy atom. The van der Waals surface area contributed by atoms with E-state index >= 15 is 0 Å². The smallest absolute Gasteiger partial charge is 0.253 e. The summed E-state index contributed by atoms with van der Waals surface area (Å²) in [7, 11) is 0. The molecule has 1 aliphatic carbocycles. The van der Waals surface area contributed by atoms with Gasteiger partial charge in [0, 0.05) is 42.7 Å². The van der Waals surface area contributed by atoms with E-state index in [1.165, 1.54) is 5.56 Å². The number of benzene rings is 2. The van der Waals surface area contributed by atoms with E-state index in [9.17, 15) is 4.79 Å². The quantitative estimate of drug-likeness (QED) is 0.379. The Morgan fingerprint density at radius 2 is 1.67 bits per heavy atom. The zero-order valence-electron chi connectivity index (χ0n) is 20.6. The molecule has 1 aliphatic heterocycles. The molecule has 6 rings (SSSR count). The standard InChI is InChI=1S/C28H29ClN6O/c1-18-4-12-23(13-5-18)35-27-24(19(2)32-35)26(30-25(31-27)20-6-7-20)33-14-3-15-34(17-16-33)28(36)21-8-10-22(29)11-9-21/h4-5,8-13,20H,3,6-7,14-17H2,1-2H3. The monoisotopic (exact) mass is 500 g/mol. The summed E-state index contributed by atoms with van der Waals surface area (Å²) >= 11 is 6.01. The average molecular weight is 501 g/mol. The summed E-state index contributed by atoms with van der Waals surface area (Å²) < 4.78 is 1.95. The highest BCUT2D eigenvalue weighted by Gasteiger charge is 2.31. The van der Waals surface area contributed by atoms with Crippen molar-refractivity contribution in [1.82, 2.24) is 24.6 Å². The Hall–Kier alpha value is -3.45. The van der Waals surface area contributed by atoms with Gasteiger partial charge in [-0.3, -0.25) is 4.79 Å². The third kappa shape index (κ3) is 4.32. The van der Waals surface area contributed by atoms with Gasteiger partial charge in [-0.05, 0) is 69.5 Å². The summed E-state index contributed by atoms with van der Waals surface area (Å²) in [5.74, 6) is 2.32. The van der Waals surface area contributed by atoms with Gasteiger partial charge in [-0.25, -0.2) is 14.6 Å². The molecule has 8 heteroatoms. The predicted molar refractivity (Wildman–Crippen MR) is 142 cm³/mol. The topological polar surface area (TPSA) is 67.2 Å². The van der Waals surface area contributed by atoms with Gasteiger partial charge >= 0.3 is 0 Å². The first-order valence-electron chi connectivity index (χ1n) is 12.6. The van der Waals surface area contributed by atoms with Crippen LogP contribution in [0.5, 0.6) is 0 Å². The van der Waals surface area contributed by atoms with E-state index in [4.69, 9.17) is 26.7 Å². The lowest BCUT2D eigenvalue weighted by Gasteiger charge is -2.24. The number of halogens is 1. The van der Waals surface area contributed by atoms with Gasteiger partial charge in [-0.2, -0.15) is 5.10 Å². The molecule has 0 spiro atoms. The van der Waals surface area contributed by atoms with Gasteiger partial charge in [-0.1, -0.05) is 29.3 Å². The maximum absolute atomic E-state index is 13.1. The summed E-state index contributed by atoms with van der Waals surface area (Å²) in [6.45, 7) is 7.01. The van der Waals surface area contributed by atoms with Crippen LogP contribution in [0.4, 0.5) is 5.82 Å². The van der Waals surface area contributed by atoms with Crippen LogP contribution in [0, 0.1) is 13.8 Å². The number of anilines is 1. The van der Waals surface area contributed by atoms with E-state index in [1.807, 2.05) is 16.5 Å². The largest absolute Gasteiger partial charge is 0.354 e. The van der Waals surface area contributed by atoms with E-state index in [0.29, 0.717) is 36.1 Å². The van der Waals surface area contributed by atoms with E-state index < -0.39 is 0 Å². The molecular formula is C28H29ClN6O. The maximum atomic E-state index is 13.1. The molecule has 36 heavy (non-hydrogen) atoms. The number of amides is 1. The third-order valence-corrected chi connectivity index (χ3v) is 7.35. The molecule has 2 aromatic carbocycles. The Balaban J connectivity index is 1.35. The second kappa shape index (κ2) is 9.21. The Kier molecular flexibility index (Phi) is 5.88. The summed E-state index contributed by atoms with van der Waals surface area (Å²) in [5, 5.41) is 6.52. The molecule has 2 aliphatic rings. The van der Waals surface area contributed by atoms with Crippen molar-refractivity contribution in [3.05, 3.63) is 76.2 Å². The van der Waals surface area contributed by atoms with Crippen LogP contribution in [0.1, 0.15) is 52.6 Å². The number of carbonyl (C=O) groups excluding carboxylic acids is 1. The van der Waals surface area contributed by atoms with Crippen LogP contribution < -0.4 is 4.90 Å². The van der Waals surface area contributed by atoms with Gasteiger partial charge < -0.3 is 9.80 Å². The van der Waals surface area contributed by atoms with Crippen molar-refractivity contribution < 1.29 is 4.79 Å². The molecule has 3 heterocycles. The van der Waals surface area contributed by atoms with Gasteiger partial charge in [0.25, 0.3) is 5.91 Å². The van der Waals surface area contributed by atoms with Crippen molar-refractivity contribution in [3.8, 4) is 5.69 Å². The molecule has 1 amide bonds. The van der Waals surface area contributed by atoms with Crippen molar-refractivity contribution in [2.24, 2.45) is 0 Å². The van der Waals surface area contributed by atoms with Crippen LogP contribution in [0.25, 0.3) is 16.7 Å². The molecule has 0 unspecified atom stereocenters. The number of hydrogen-bond acceptors (Lipinski definition) is 5. The second-order valence-electron chi connectivity index (χ2n) is 9.85. The van der Waals surface area contributed by atoms with Gasteiger partial charge in [0.05, 0.1) is 16.8 Å². The molecule has 0 bridgehead atoms. The maximum Gasteiger partial charge on any atom is 0.253 e. The first kappa shape index (κ1) is 23.0. The van der Waals surface area contributed by atoms with Gasteiger partial charge in [-0.15, -0.1) is 0 Å². The molecule has 1 saturated heterocycles.